The van der Waals surface area contributed by atoms with Gasteiger partial charge in [0.1, 0.15) is 0 Å². The van der Waals surface area contributed by atoms with E-state index in [0.29, 0.717) is 18.8 Å². The van der Waals surface area contributed by atoms with Crippen molar-refractivity contribution in [2.24, 2.45) is 40.4 Å². The van der Waals surface area contributed by atoms with Crippen LogP contribution >= 0.6 is 0 Å². The number of nitrogens with one attached hydrogen (secondary N) is 1. The Kier molecular flexibility index (Phi) is 7.43. The Bertz CT molecular complexity index is 911. The van der Waals surface area contributed by atoms with Gasteiger partial charge in [0.2, 0.25) is 5.91 Å². The van der Waals surface area contributed by atoms with Gasteiger partial charge in [-0.15, -0.1) is 0 Å². The molecule has 4 N–H and O–H groups in total. The smallest absolute Gasteiger partial charge is 0.220 e. The average Bonchev–Trinajstić information content (AvgIpc) is 3.14. The molecule has 4 aliphatic carbocycles. The van der Waals surface area contributed by atoms with E-state index in [4.69, 9.17) is 0 Å². The van der Waals surface area contributed by atoms with E-state index in [0.717, 1.165) is 44.9 Å². The van der Waals surface area contributed by atoms with Crippen LogP contribution < -0.4 is 5.32 Å². The third-order valence-corrected chi connectivity index (χ3v) is 11.8. The molecule has 9 heteroatoms. The van der Waals surface area contributed by atoms with Crippen molar-refractivity contribution in [3.63, 3.8) is 0 Å². The normalized spacial score (nSPS) is 46.3. The zero-order valence-corrected chi connectivity index (χ0v) is 22.2. The number of carbonyl (C=O) groups is 1. The summed E-state index contributed by atoms with van der Waals surface area (Å²) in [4.78, 5) is 12.2. The predicted octanol–water partition coefficient (Wildman–Crippen LogP) is 2.17. The lowest BCUT2D eigenvalue weighted by molar-refractivity contribution is -0.254. The van der Waals surface area contributed by atoms with Crippen LogP contribution in [0.3, 0.4) is 0 Å². The molecule has 0 aromatic carbocycles. The molecule has 1 amide bonds. The molecule has 4 aliphatic rings. The summed E-state index contributed by atoms with van der Waals surface area (Å²) >= 11 is 0. The summed E-state index contributed by atoms with van der Waals surface area (Å²) < 4.78 is 32.2. The summed E-state index contributed by atoms with van der Waals surface area (Å²) in [6.07, 6.45) is 6.52. The van der Waals surface area contributed by atoms with E-state index >= 15 is 0 Å². The molecule has 0 aromatic rings. The van der Waals surface area contributed by atoms with Crippen LogP contribution in [0.2, 0.25) is 0 Å². The monoisotopic (exact) mass is 514 g/mol. The summed E-state index contributed by atoms with van der Waals surface area (Å²) in [7, 11) is -4.35. The Balaban J connectivity index is 1.44. The molecule has 4 rings (SSSR count). The van der Waals surface area contributed by atoms with Crippen molar-refractivity contribution < 1.29 is 33.1 Å². The van der Waals surface area contributed by atoms with Gasteiger partial charge in [-0.25, -0.2) is 8.42 Å². The fourth-order valence-corrected chi connectivity index (χ4v) is 9.53. The number of amides is 1. The van der Waals surface area contributed by atoms with Crippen LogP contribution in [0.15, 0.2) is 0 Å². The fraction of sp³-hybridized carbons (Fsp3) is 0.962. The third kappa shape index (κ3) is 4.80. The predicted molar refractivity (Wildman–Crippen MR) is 130 cm³/mol. The Morgan fingerprint density at radius 1 is 1.09 bits per heavy atom. The van der Waals surface area contributed by atoms with Crippen molar-refractivity contribution in [3.05, 3.63) is 0 Å². The Morgan fingerprint density at radius 2 is 1.80 bits per heavy atom. The standard InChI is InChI=1S/C26H45NO7S/c1-16(4-7-23(30)27-12-13-35(32,33)34)19-5-6-20-25(19,3)22(29)15-21-24(2)10-9-18(28)14-17(24)8-11-26(20,21)31/h16-22,28-29,31H,4-15H2,1-3H3,(H,27,30)(H,32,33,34)/p-1/t16-,17+,18-,19+,20-,21+,22+,24+,25-,26+/m1/s1. The van der Waals surface area contributed by atoms with Gasteiger partial charge in [0, 0.05) is 18.4 Å². The van der Waals surface area contributed by atoms with Crippen LogP contribution in [0.4, 0.5) is 0 Å². The van der Waals surface area contributed by atoms with Gasteiger partial charge in [0.15, 0.2) is 0 Å². The van der Waals surface area contributed by atoms with Gasteiger partial charge in [-0.2, -0.15) is 0 Å². The maximum absolute atomic E-state index is 12.3. The van der Waals surface area contributed by atoms with E-state index in [1.807, 2.05) is 0 Å². The van der Waals surface area contributed by atoms with Gasteiger partial charge in [-0.05, 0) is 92.8 Å². The minimum absolute atomic E-state index is 0.0110. The van der Waals surface area contributed by atoms with Gasteiger partial charge in [0.05, 0.1) is 33.7 Å². The first-order valence-electron chi connectivity index (χ1n) is 13.5. The number of carbonyl (C=O) groups excluding carboxylic acids is 1. The molecule has 0 unspecified atom stereocenters. The molecule has 0 aliphatic heterocycles. The van der Waals surface area contributed by atoms with Crippen LogP contribution in [0.1, 0.15) is 85.0 Å². The van der Waals surface area contributed by atoms with Crippen molar-refractivity contribution in [2.75, 3.05) is 12.3 Å². The van der Waals surface area contributed by atoms with Crippen LogP contribution in [0.5, 0.6) is 0 Å². The number of hydrogen-bond donors (Lipinski definition) is 4. The highest BCUT2D eigenvalue weighted by Gasteiger charge is 2.69. The zero-order valence-electron chi connectivity index (χ0n) is 21.4. The second-order valence-electron chi connectivity index (χ2n) is 12.7. The van der Waals surface area contributed by atoms with E-state index in [-0.39, 0.29) is 54.1 Å². The number of hydrogen-bond acceptors (Lipinski definition) is 7. The highest BCUT2D eigenvalue weighted by Crippen LogP contribution is 2.69. The third-order valence-electron chi connectivity index (χ3n) is 11.1. The lowest BCUT2D eigenvalue weighted by Gasteiger charge is -2.65. The molecule has 0 bridgehead atoms. The quantitative estimate of drug-likeness (QED) is 0.381. The largest absolute Gasteiger partial charge is 0.748 e. The summed E-state index contributed by atoms with van der Waals surface area (Å²) in [5.74, 6) is -0.107. The minimum atomic E-state index is -4.35. The summed E-state index contributed by atoms with van der Waals surface area (Å²) in [5.41, 5.74) is -1.29. The molecule has 0 spiro atoms. The first-order valence-corrected chi connectivity index (χ1v) is 15.1. The van der Waals surface area contributed by atoms with E-state index in [1.165, 1.54) is 0 Å². The number of rotatable bonds is 7. The van der Waals surface area contributed by atoms with Crippen LogP contribution in [-0.2, 0) is 14.9 Å². The molecular formula is C26H44NO7S-. The molecule has 0 radical (unpaired) electrons. The van der Waals surface area contributed by atoms with Crippen molar-refractivity contribution in [1.29, 1.82) is 0 Å². The lowest BCUT2D eigenvalue weighted by atomic mass is 9.42. The second-order valence-corrected chi connectivity index (χ2v) is 14.2. The molecule has 202 valence electrons. The summed E-state index contributed by atoms with van der Waals surface area (Å²) in [5, 5.41) is 36.7. The molecule has 0 aromatic heterocycles. The molecule has 4 fully saturated rings. The van der Waals surface area contributed by atoms with E-state index in [9.17, 15) is 33.1 Å². The van der Waals surface area contributed by atoms with Gasteiger partial charge in [-0.1, -0.05) is 20.8 Å². The Labute approximate surface area is 210 Å². The molecule has 4 saturated carbocycles. The van der Waals surface area contributed by atoms with Crippen molar-refractivity contribution in [1.82, 2.24) is 5.32 Å². The molecule has 0 saturated heterocycles. The minimum Gasteiger partial charge on any atom is -0.748 e. The zero-order chi connectivity index (χ0) is 25.8. The lowest BCUT2D eigenvalue weighted by Crippen LogP contribution is -2.67. The van der Waals surface area contributed by atoms with Crippen LogP contribution in [-0.4, -0.2) is 64.3 Å². The van der Waals surface area contributed by atoms with Gasteiger partial charge >= 0.3 is 0 Å². The first-order chi connectivity index (χ1) is 16.2. The van der Waals surface area contributed by atoms with Crippen molar-refractivity contribution in [3.8, 4) is 0 Å². The number of fused-ring (bicyclic) bond motifs is 5. The summed E-state index contributed by atoms with van der Waals surface area (Å²) in [6.45, 7) is 6.35. The highest BCUT2D eigenvalue weighted by atomic mass is 32.2. The van der Waals surface area contributed by atoms with Crippen molar-refractivity contribution >= 4 is 16.0 Å². The Hall–Kier alpha value is -0.740. The second kappa shape index (κ2) is 9.53. The van der Waals surface area contributed by atoms with E-state index < -0.39 is 33.0 Å². The molecule has 0 heterocycles. The first kappa shape index (κ1) is 27.3. The van der Waals surface area contributed by atoms with E-state index in [2.05, 4.69) is 26.1 Å². The van der Waals surface area contributed by atoms with Gasteiger partial charge in [0.25, 0.3) is 0 Å². The number of aliphatic hydroxyl groups excluding tert-OH is 2. The molecule has 10 atom stereocenters. The summed E-state index contributed by atoms with van der Waals surface area (Å²) in [6, 6.07) is 0. The van der Waals surface area contributed by atoms with Gasteiger partial charge < -0.3 is 25.2 Å². The molecule has 8 nitrogen and oxygen atoms in total. The highest BCUT2D eigenvalue weighted by molar-refractivity contribution is 7.85. The fourth-order valence-electron chi connectivity index (χ4n) is 9.18. The van der Waals surface area contributed by atoms with Crippen molar-refractivity contribution in [2.45, 2.75) is 103 Å². The van der Waals surface area contributed by atoms with Gasteiger partial charge in [-0.3, -0.25) is 4.79 Å². The van der Waals surface area contributed by atoms with Crippen LogP contribution in [0, 0.1) is 40.4 Å². The molecular weight excluding hydrogens is 470 g/mol. The average molecular weight is 515 g/mol. The van der Waals surface area contributed by atoms with E-state index in [1.54, 1.807) is 0 Å². The maximum Gasteiger partial charge on any atom is 0.220 e. The maximum atomic E-state index is 12.3. The number of aliphatic hydroxyl groups is 3. The van der Waals surface area contributed by atoms with Crippen LogP contribution in [0.25, 0.3) is 0 Å². The Morgan fingerprint density at radius 3 is 2.49 bits per heavy atom. The SMILES string of the molecule is C[C@H](CCC(=O)NCCS(=O)(=O)[O-])[C@@H]1CC[C@H]2[C@@]3(O)CC[C@H]4C[C@H](O)CC[C@]4(C)[C@@H]3C[C@H](O)[C@]12C. The molecule has 35 heavy (non-hydrogen) atoms. The topological polar surface area (TPSA) is 147 Å².